The van der Waals surface area contributed by atoms with Gasteiger partial charge in [-0.3, -0.25) is 4.99 Å². The van der Waals surface area contributed by atoms with Crippen LogP contribution in [0.4, 0.5) is 13.2 Å². The van der Waals surface area contributed by atoms with E-state index in [1.807, 2.05) is 11.8 Å². The van der Waals surface area contributed by atoms with Crippen molar-refractivity contribution >= 4 is 17.7 Å². The van der Waals surface area contributed by atoms with Gasteiger partial charge in [0.2, 0.25) is 0 Å². The van der Waals surface area contributed by atoms with Crippen LogP contribution in [0.2, 0.25) is 0 Å². The lowest BCUT2D eigenvalue weighted by Gasteiger charge is -2.37. The standard InChI is InChI=1S/C13H24F3N3OS/c1-3-21-12(5-8-20-9-6-12)10-19-11(17-2)18-7-4-13(14,15)16/h3-10H2,1-2H3,(H2,17,18,19). The fraction of sp³-hybridized carbons (Fsp3) is 0.923. The number of guanidine groups is 1. The SMILES string of the molecule is CCSC1(CNC(=NC)NCCC(F)(F)F)CCOCC1. The number of rotatable bonds is 6. The van der Waals surface area contributed by atoms with E-state index in [2.05, 4.69) is 22.5 Å². The lowest BCUT2D eigenvalue weighted by molar-refractivity contribution is -0.132. The van der Waals surface area contributed by atoms with Gasteiger partial charge in [0, 0.05) is 38.1 Å². The Kier molecular flexibility index (Phi) is 7.65. The Hall–Kier alpha value is -0.630. The predicted molar refractivity (Wildman–Crippen MR) is 81.0 cm³/mol. The molecule has 1 aliphatic heterocycles. The van der Waals surface area contributed by atoms with Gasteiger partial charge in [-0.15, -0.1) is 0 Å². The molecular weight excluding hydrogens is 303 g/mol. The Morgan fingerprint density at radius 3 is 2.48 bits per heavy atom. The van der Waals surface area contributed by atoms with Gasteiger partial charge in [-0.1, -0.05) is 6.92 Å². The first-order valence-electron chi connectivity index (χ1n) is 7.14. The summed E-state index contributed by atoms with van der Waals surface area (Å²) in [6.07, 6.45) is -3.13. The predicted octanol–water partition coefficient (Wildman–Crippen LogP) is 2.41. The zero-order chi connectivity index (χ0) is 15.8. The molecule has 0 radical (unpaired) electrons. The first kappa shape index (κ1) is 18.4. The van der Waals surface area contributed by atoms with Crippen LogP contribution in [0, 0.1) is 0 Å². The molecule has 1 fully saturated rings. The van der Waals surface area contributed by atoms with E-state index < -0.39 is 12.6 Å². The van der Waals surface area contributed by atoms with Crippen LogP contribution < -0.4 is 10.6 Å². The quantitative estimate of drug-likeness (QED) is 0.581. The molecule has 0 aromatic heterocycles. The maximum absolute atomic E-state index is 12.1. The van der Waals surface area contributed by atoms with E-state index in [0.717, 1.165) is 31.8 Å². The topological polar surface area (TPSA) is 45.7 Å². The van der Waals surface area contributed by atoms with Crippen molar-refractivity contribution in [3.05, 3.63) is 0 Å². The van der Waals surface area contributed by atoms with Crippen LogP contribution in [-0.4, -0.2) is 56.0 Å². The third-order valence-electron chi connectivity index (χ3n) is 3.36. The van der Waals surface area contributed by atoms with Gasteiger partial charge in [-0.2, -0.15) is 24.9 Å². The molecule has 21 heavy (non-hydrogen) atoms. The molecule has 1 saturated heterocycles. The van der Waals surface area contributed by atoms with Crippen molar-refractivity contribution in [3.63, 3.8) is 0 Å². The van der Waals surface area contributed by atoms with Crippen LogP contribution in [0.5, 0.6) is 0 Å². The van der Waals surface area contributed by atoms with Crippen molar-refractivity contribution in [1.82, 2.24) is 10.6 Å². The molecule has 1 aliphatic rings. The Labute approximate surface area is 128 Å². The van der Waals surface area contributed by atoms with Crippen molar-refractivity contribution in [3.8, 4) is 0 Å². The van der Waals surface area contributed by atoms with Gasteiger partial charge >= 0.3 is 6.18 Å². The van der Waals surface area contributed by atoms with Crippen LogP contribution in [-0.2, 0) is 4.74 Å². The lowest BCUT2D eigenvalue weighted by Crippen LogP contribution is -2.48. The molecule has 0 saturated carbocycles. The highest BCUT2D eigenvalue weighted by molar-refractivity contribution is 8.00. The fourth-order valence-electron chi connectivity index (χ4n) is 2.21. The van der Waals surface area contributed by atoms with Gasteiger partial charge < -0.3 is 15.4 Å². The average molecular weight is 327 g/mol. The van der Waals surface area contributed by atoms with E-state index in [9.17, 15) is 13.2 Å². The number of nitrogens with zero attached hydrogens (tertiary/aromatic N) is 1. The number of hydrogen-bond acceptors (Lipinski definition) is 3. The van der Waals surface area contributed by atoms with Crippen molar-refractivity contribution < 1.29 is 17.9 Å². The van der Waals surface area contributed by atoms with Gasteiger partial charge in [-0.05, 0) is 18.6 Å². The summed E-state index contributed by atoms with van der Waals surface area (Å²) in [5.41, 5.74) is 0. The lowest BCUT2D eigenvalue weighted by atomic mass is 9.99. The number of alkyl halides is 3. The van der Waals surface area contributed by atoms with Crippen molar-refractivity contribution in [2.24, 2.45) is 4.99 Å². The molecule has 4 nitrogen and oxygen atoms in total. The summed E-state index contributed by atoms with van der Waals surface area (Å²) in [5, 5.41) is 5.85. The molecule has 8 heteroatoms. The molecule has 2 N–H and O–H groups in total. The summed E-state index contributed by atoms with van der Waals surface area (Å²) in [7, 11) is 1.56. The third kappa shape index (κ3) is 7.26. The number of thioether (sulfide) groups is 1. The van der Waals surface area contributed by atoms with Crippen LogP contribution >= 0.6 is 11.8 Å². The number of halogens is 3. The van der Waals surface area contributed by atoms with E-state index in [4.69, 9.17) is 4.74 Å². The molecule has 0 amide bonds. The Bertz CT molecular complexity index is 326. The van der Waals surface area contributed by atoms with Crippen LogP contribution in [0.1, 0.15) is 26.2 Å². The minimum Gasteiger partial charge on any atom is -0.381 e. The normalized spacial score (nSPS) is 19.4. The zero-order valence-electron chi connectivity index (χ0n) is 12.6. The van der Waals surface area contributed by atoms with Crippen molar-refractivity contribution in [2.45, 2.75) is 37.1 Å². The summed E-state index contributed by atoms with van der Waals surface area (Å²) in [6.45, 7) is 4.09. The zero-order valence-corrected chi connectivity index (χ0v) is 13.4. The third-order valence-corrected chi connectivity index (χ3v) is 4.81. The maximum Gasteiger partial charge on any atom is 0.390 e. The first-order valence-corrected chi connectivity index (χ1v) is 8.12. The van der Waals surface area contributed by atoms with Gasteiger partial charge in [0.15, 0.2) is 5.96 Å². The van der Waals surface area contributed by atoms with Crippen LogP contribution in [0.3, 0.4) is 0 Å². The van der Waals surface area contributed by atoms with Crippen LogP contribution in [0.15, 0.2) is 4.99 Å². The summed E-state index contributed by atoms with van der Waals surface area (Å²) in [4.78, 5) is 3.97. The molecule has 0 aromatic rings. The molecule has 0 aliphatic carbocycles. The Balaban J connectivity index is 2.41. The summed E-state index contributed by atoms with van der Waals surface area (Å²) in [5.74, 6) is 1.42. The molecule has 0 aromatic carbocycles. The van der Waals surface area contributed by atoms with Crippen molar-refractivity contribution in [2.75, 3.05) is 39.1 Å². The van der Waals surface area contributed by atoms with Gasteiger partial charge in [-0.25, -0.2) is 0 Å². The number of hydrogen-bond donors (Lipinski definition) is 2. The van der Waals surface area contributed by atoms with Gasteiger partial charge in [0.1, 0.15) is 0 Å². The molecule has 1 rings (SSSR count). The Morgan fingerprint density at radius 1 is 1.29 bits per heavy atom. The van der Waals surface area contributed by atoms with E-state index in [0.29, 0.717) is 12.5 Å². The number of nitrogens with one attached hydrogen (secondary N) is 2. The second-order valence-electron chi connectivity index (χ2n) is 4.95. The summed E-state index contributed by atoms with van der Waals surface area (Å²) < 4.78 is 41.9. The van der Waals surface area contributed by atoms with Crippen LogP contribution in [0.25, 0.3) is 0 Å². The Morgan fingerprint density at radius 2 is 1.95 bits per heavy atom. The van der Waals surface area contributed by atoms with Gasteiger partial charge in [0.25, 0.3) is 0 Å². The van der Waals surface area contributed by atoms with Gasteiger partial charge in [0.05, 0.1) is 6.42 Å². The molecule has 0 unspecified atom stereocenters. The van der Waals surface area contributed by atoms with E-state index in [1.54, 1.807) is 7.05 Å². The molecule has 0 spiro atoms. The fourth-order valence-corrected chi connectivity index (χ4v) is 3.45. The number of aliphatic imine (C=N–C) groups is 1. The van der Waals surface area contributed by atoms with E-state index in [-0.39, 0.29) is 11.3 Å². The largest absolute Gasteiger partial charge is 0.390 e. The van der Waals surface area contributed by atoms with E-state index >= 15 is 0 Å². The minimum absolute atomic E-state index is 0.0780. The van der Waals surface area contributed by atoms with E-state index in [1.165, 1.54) is 0 Å². The number of ether oxygens (including phenoxy) is 1. The van der Waals surface area contributed by atoms with Crippen molar-refractivity contribution in [1.29, 1.82) is 0 Å². The first-order chi connectivity index (χ1) is 9.91. The summed E-state index contributed by atoms with van der Waals surface area (Å²) in [6, 6.07) is 0. The minimum atomic E-state index is -4.15. The summed E-state index contributed by atoms with van der Waals surface area (Å²) >= 11 is 1.87. The molecular formula is C13H24F3N3OS. The second-order valence-corrected chi connectivity index (χ2v) is 6.68. The highest BCUT2D eigenvalue weighted by atomic mass is 32.2. The maximum atomic E-state index is 12.1. The molecule has 0 atom stereocenters. The smallest absolute Gasteiger partial charge is 0.381 e. The second kappa shape index (κ2) is 8.73. The molecule has 1 heterocycles. The highest BCUT2D eigenvalue weighted by Crippen LogP contribution is 2.34. The monoisotopic (exact) mass is 327 g/mol. The highest BCUT2D eigenvalue weighted by Gasteiger charge is 2.33. The molecule has 124 valence electrons. The molecule has 0 bridgehead atoms. The average Bonchev–Trinajstić information content (AvgIpc) is 2.43.